The fourth-order valence-electron chi connectivity index (χ4n) is 6.87. The Morgan fingerprint density at radius 1 is 0.500 bits per heavy atom. The van der Waals surface area contributed by atoms with Crippen molar-refractivity contribution in [1.82, 2.24) is 0 Å². The average Bonchev–Trinajstić information content (AvgIpc) is 3.26. The van der Waals surface area contributed by atoms with Gasteiger partial charge < -0.3 is 0 Å². The Hall–Kier alpha value is -2.28. The molecule has 2 fully saturated rings. The van der Waals surface area contributed by atoms with Crippen molar-refractivity contribution >= 4 is 8.41 Å². The molecule has 2 unspecified atom stereocenters. The molecule has 0 bridgehead atoms. The lowest BCUT2D eigenvalue weighted by molar-refractivity contribution is 0.0496. The van der Waals surface area contributed by atoms with E-state index in [1.807, 2.05) is 119 Å². The summed E-state index contributed by atoms with van der Waals surface area (Å²) < 4.78 is 0. The highest BCUT2D eigenvalue weighted by Crippen LogP contribution is 2.50. The molecule has 3 radical (unpaired) electrons. The van der Waals surface area contributed by atoms with Gasteiger partial charge in [0, 0.05) is 9.84 Å². The van der Waals surface area contributed by atoms with Crippen molar-refractivity contribution in [2.75, 3.05) is 0 Å². The third-order valence-corrected chi connectivity index (χ3v) is 9.58. The van der Waals surface area contributed by atoms with Crippen LogP contribution in [0.5, 0.6) is 0 Å². The highest BCUT2D eigenvalue weighted by Gasteiger charge is 2.39. The second-order valence-electron chi connectivity index (χ2n) is 15.6. The molecule has 1 heteroatoms. The first-order chi connectivity index (χ1) is 27.3. The summed E-state index contributed by atoms with van der Waals surface area (Å²) in [5.74, 6) is 3.02. The van der Waals surface area contributed by atoms with E-state index in [-0.39, 0.29) is 9.84 Å². The summed E-state index contributed by atoms with van der Waals surface area (Å²) in [6, 6.07) is 29.5. The molecule has 58 heavy (non-hydrogen) atoms. The number of hydrogen-bond donors (Lipinski definition) is 0. The number of benzene rings is 3. The Morgan fingerprint density at radius 2 is 0.776 bits per heavy atom. The van der Waals surface area contributed by atoms with Gasteiger partial charge in [0.15, 0.2) is 0 Å². The molecule has 2 aliphatic carbocycles. The first-order valence-corrected chi connectivity index (χ1v) is 24.5. The van der Waals surface area contributed by atoms with E-state index in [4.69, 9.17) is 0 Å². The highest BCUT2D eigenvalue weighted by atomic mass is 14.4. The fraction of sp³-hybridized carbons (Fsp3) is 0.684. The monoisotopic (exact) mass is 806 g/mol. The van der Waals surface area contributed by atoms with Crippen molar-refractivity contribution in [1.29, 1.82) is 0 Å². The van der Waals surface area contributed by atoms with E-state index < -0.39 is 0 Å². The van der Waals surface area contributed by atoms with Crippen LogP contribution in [-0.4, -0.2) is 8.41 Å². The van der Waals surface area contributed by atoms with Gasteiger partial charge in [-0.2, -0.15) is 0 Å². The van der Waals surface area contributed by atoms with Crippen LogP contribution < -0.4 is 0 Å². The molecule has 0 aliphatic heterocycles. The Balaban J connectivity index is -0.0000000899. The van der Waals surface area contributed by atoms with E-state index >= 15 is 0 Å². The van der Waals surface area contributed by atoms with E-state index in [1.54, 1.807) is 0 Å². The summed E-state index contributed by atoms with van der Waals surface area (Å²) in [6.07, 6.45) is 15.2. The van der Waals surface area contributed by atoms with Crippen LogP contribution in [0, 0.1) is 42.4 Å². The van der Waals surface area contributed by atoms with Crippen LogP contribution >= 0.6 is 0 Å². The van der Waals surface area contributed by atoms with E-state index in [1.165, 1.54) is 86.5 Å². The number of rotatable bonds is 4. The van der Waals surface area contributed by atoms with E-state index in [0.29, 0.717) is 10.8 Å². The van der Waals surface area contributed by atoms with Gasteiger partial charge in [-0.3, -0.25) is 0 Å². The minimum absolute atomic E-state index is 0. The molecule has 0 amide bonds. The van der Waals surface area contributed by atoms with Gasteiger partial charge in [0.1, 0.15) is 0 Å². The normalized spacial score (nSPS) is 18.6. The molecule has 3 aromatic rings. The molecule has 341 valence electrons. The molecule has 0 aromatic heterocycles. The maximum absolute atomic E-state index is 2.48. The summed E-state index contributed by atoms with van der Waals surface area (Å²) in [5, 5.41) is 0. The van der Waals surface area contributed by atoms with Gasteiger partial charge in [-0.25, -0.2) is 0 Å². The molecule has 0 heterocycles. The molecule has 5 rings (SSSR count). The zero-order valence-corrected chi connectivity index (χ0v) is 44.2. The van der Waals surface area contributed by atoms with Crippen LogP contribution in [0.15, 0.2) is 84.9 Å². The second-order valence-corrected chi connectivity index (χ2v) is 15.6. The fourth-order valence-corrected chi connectivity index (χ4v) is 6.87. The van der Waals surface area contributed by atoms with Crippen LogP contribution in [0.25, 0.3) is 0 Å². The van der Waals surface area contributed by atoms with Crippen LogP contribution in [0.4, 0.5) is 0 Å². The van der Waals surface area contributed by atoms with Gasteiger partial charge >= 0.3 is 0 Å². The molecule has 0 nitrogen and oxygen atoms in total. The van der Waals surface area contributed by atoms with Gasteiger partial charge in [0.2, 0.25) is 0 Å². The third-order valence-electron chi connectivity index (χ3n) is 9.58. The Labute approximate surface area is 374 Å². The second kappa shape index (κ2) is 50.9. The summed E-state index contributed by atoms with van der Waals surface area (Å²) >= 11 is 0. The molecule has 0 spiro atoms. The third kappa shape index (κ3) is 43.3. The van der Waals surface area contributed by atoms with Gasteiger partial charge in [0.05, 0.1) is 0 Å². The predicted octanol–water partition coefficient (Wildman–Crippen LogP) is 20.5. The zero-order valence-electron chi connectivity index (χ0n) is 44.2. The van der Waals surface area contributed by atoms with Crippen LogP contribution in [0.2, 0.25) is 0 Å². The summed E-state index contributed by atoms with van der Waals surface area (Å²) in [7, 11) is 0. The van der Waals surface area contributed by atoms with Crippen molar-refractivity contribution in [3.05, 3.63) is 107 Å². The van der Waals surface area contributed by atoms with Gasteiger partial charge in [-0.15, -0.1) is 0 Å². The van der Waals surface area contributed by atoms with Crippen LogP contribution in [0.1, 0.15) is 233 Å². The van der Waals surface area contributed by atoms with E-state index in [0.717, 1.165) is 24.2 Å². The molecule has 0 N–H and O–H groups in total. The minimum Gasteiger partial charge on any atom is -0.0683 e. The summed E-state index contributed by atoms with van der Waals surface area (Å²) in [6.45, 7) is 49.3. The Bertz CT molecular complexity index is 1020. The van der Waals surface area contributed by atoms with E-state index in [9.17, 15) is 0 Å². The maximum Gasteiger partial charge on any atom is 0 e. The summed E-state index contributed by atoms with van der Waals surface area (Å²) in [5.41, 5.74) is 6.62. The lowest BCUT2D eigenvalue weighted by atomic mass is 9.59. The molecule has 0 saturated heterocycles. The topological polar surface area (TPSA) is 0 Å². The van der Waals surface area contributed by atoms with Crippen LogP contribution in [-0.2, 0) is 6.42 Å². The SMILES string of the molecule is CC.CC.CC.CC.CC.CC.CC1CCC(C)CC1.CCC.CCC1CC(C)(C)CC(C)(CC)C1.Cc1ccc(Cc2ccc(C)cc2)cc1.[B].[HH].c1ccccc1. The standard InChI is InChI=1S/C15H16.C13H26.C8H16.C6H6.C3H8.6C2H6.B.H2/c1-12-3-7-14(8-4-12)11-15-9-5-13(2)6-10-15;1-6-11-8-12(3,4)10-13(5,7-2)9-11;1-7-3-5-8(2)6-4-7;1-2-4-6-5-3-1;1-3-2;6*1-2;;/h3-10H,11H2,1-2H3;11H,6-10H2,1-5H3;7-8H,3-6H2,1-2H3;1-6H;3H2,1-2H3;6*1-2H3;;1H. The smallest absolute Gasteiger partial charge is 0 e. The zero-order chi connectivity index (χ0) is 45.7. The molecule has 3 aromatic carbocycles. The van der Waals surface area contributed by atoms with E-state index in [2.05, 4.69) is 125 Å². The number of aryl methyl sites for hydroxylation is 2. The number of hydrogen-bond acceptors (Lipinski definition) is 0. The van der Waals surface area contributed by atoms with Gasteiger partial charge in [-0.1, -0.05) is 286 Å². The van der Waals surface area contributed by atoms with Crippen molar-refractivity contribution in [3.8, 4) is 0 Å². The quantitative estimate of drug-likeness (QED) is 0.230. The first kappa shape index (κ1) is 70.3. The van der Waals surface area contributed by atoms with Crippen LogP contribution in [0.3, 0.4) is 0 Å². The summed E-state index contributed by atoms with van der Waals surface area (Å²) in [4.78, 5) is 0. The molecular formula is C57H110B. The lowest BCUT2D eigenvalue weighted by Crippen LogP contribution is -2.35. The van der Waals surface area contributed by atoms with Crippen molar-refractivity contribution in [2.24, 2.45) is 28.6 Å². The Kier molecular flexibility index (Phi) is 61.6. The predicted molar refractivity (Wildman–Crippen MR) is 280 cm³/mol. The van der Waals surface area contributed by atoms with Gasteiger partial charge in [0.25, 0.3) is 0 Å². The molecule has 2 saturated carbocycles. The molecular weight excluding hydrogens is 695 g/mol. The molecule has 2 aliphatic rings. The average molecular weight is 806 g/mol. The highest BCUT2D eigenvalue weighted by molar-refractivity contribution is 5.75. The first-order valence-electron chi connectivity index (χ1n) is 24.5. The molecule has 2 atom stereocenters. The lowest BCUT2D eigenvalue weighted by Gasteiger charge is -2.46. The van der Waals surface area contributed by atoms with Crippen molar-refractivity contribution < 1.29 is 1.43 Å². The van der Waals surface area contributed by atoms with Crippen molar-refractivity contribution in [2.45, 2.75) is 230 Å². The largest absolute Gasteiger partial charge is 0.0683 e. The Morgan fingerprint density at radius 3 is 1.02 bits per heavy atom. The minimum atomic E-state index is 0. The van der Waals surface area contributed by atoms with Crippen molar-refractivity contribution in [3.63, 3.8) is 0 Å². The maximum atomic E-state index is 2.48. The van der Waals surface area contributed by atoms with Gasteiger partial charge in [-0.05, 0) is 79.2 Å².